The van der Waals surface area contributed by atoms with Crippen molar-refractivity contribution < 1.29 is 4.74 Å². The van der Waals surface area contributed by atoms with Gasteiger partial charge in [0.1, 0.15) is 0 Å². The normalized spacial score (nSPS) is 30.2. The minimum absolute atomic E-state index is 0.201. The van der Waals surface area contributed by atoms with E-state index in [1.165, 1.54) is 202 Å². The van der Waals surface area contributed by atoms with Gasteiger partial charge in [0.25, 0.3) is 0 Å². The van der Waals surface area contributed by atoms with E-state index in [1.54, 1.807) is 0 Å². The highest BCUT2D eigenvalue weighted by Crippen LogP contribution is 2.50. The summed E-state index contributed by atoms with van der Waals surface area (Å²) >= 11 is 0. The van der Waals surface area contributed by atoms with E-state index >= 15 is 0 Å². The molecule has 0 N–H and O–H groups in total. The van der Waals surface area contributed by atoms with E-state index in [-0.39, 0.29) is 12.2 Å². The standard InChI is InChI=1S/C54H86O/c1-5-9-11-15-43-21-29-49(30-22-43)53(51-37-33-47(34-38-51)45-25-17-41(13-7-3)18-26-45)55-54(50-31-23-44(24-32-50)16-12-10-6-2)52-39-35-48(36-40-52)46-27-19-42(14-8-4)20-28-46/h21-24,29-32,41-42,45-48,51-54H,5-20,25-28,33-40H2,1-4H3. The largest absolute Gasteiger partial charge is 0.365 e. The fraction of sp³-hybridized carbons (Fsp3) is 0.778. The van der Waals surface area contributed by atoms with Crippen LogP contribution in [0, 0.1) is 47.3 Å². The van der Waals surface area contributed by atoms with Crippen LogP contribution in [-0.2, 0) is 17.6 Å². The third kappa shape index (κ3) is 12.7. The Morgan fingerprint density at radius 2 is 0.727 bits per heavy atom. The molecule has 2 unspecified atom stereocenters. The van der Waals surface area contributed by atoms with Gasteiger partial charge in [-0.15, -0.1) is 0 Å². The summed E-state index contributed by atoms with van der Waals surface area (Å²) in [4.78, 5) is 0. The van der Waals surface area contributed by atoms with Crippen LogP contribution in [0.25, 0.3) is 0 Å². The van der Waals surface area contributed by atoms with Crippen LogP contribution >= 0.6 is 0 Å². The van der Waals surface area contributed by atoms with Crippen LogP contribution < -0.4 is 0 Å². The number of aryl methyl sites for hydroxylation is 2. The Balaban J connectivity index is 1.18. The molecule has 1 nitrogen and oxygen atoms in total. The van der Waals surface area contributed by atoms with Gasteiger partial charge in [0, 0.05) is 0 Å². The molecule has 0 aromatic heterocycles. The molecule has 2 aromatic carbocycles. The Morgan fingerprint density at radius 3 is 1.04 bits per heavy atom. The van der Waals surface area contributed by atoms with E-state index in [1.807, 2.05) is 0 Å². The van der Waals surface area contributed by atoms with E-state index in [4.69, 9.17) is 4.74 Å². The molecule has 0 amide bonds. The van der Waals surface area contributed by atoms with E-state index < -0.39 is 0 Å². The Hall–Kier alpha value is -1.60. The van der Waals surface area contributed by atoms with Crippen molar-refractivity contribution in [2.75, 3.05) is 0 Å². The Bertz CT molecular complexity index is 1180. The van der Waals surface area contributed by atoms with Gasteiger partial charge in [-0.05, 0) is 172 Å². The van der Waals surface area contributed by atoms with Crippen molar-refractivity contribution in [3.05, 3.63) is 70.8 Å². The molecule has 55 heavy (non-hydrogen) atoms. The van der Waals surface area contributed by atoms with Crippen LogP contribution in [-0.4, -0.2) is 0 Å². The highest BCUT2D eigenvalue weighted by atomic mass is 16.5. The molecule has 4 saturated carbocycles. The molecule has 0 radical (unpaired) electrons. The fourth-order valence-electron chi connectivity index (χ4n) is 12.5. The van der Waals surface area contributed by atoms with Crippen molar-refractivity contribution in [3.63, 3.8) is 0 Å². The Morgan fingerprint density at radius 1 is 0.400 bits per heavy atom. The average Bonchev–Trinajstić information content (AvgIpc) is 3.23. The van der Waals surface area contributed by atoms with Crippen LogP contribution in [0.5, 0.6) is 0 Å². The molecule has 308 valence electrons. The lowest BCUT2D eigenvalue weighted by molar-refractivity contribution is -0.0934. The van der Waals surface area contributed by atoms with Crippen LogP contribution in [0.2, 0.25) is 0 Å². The average molecular weight is 751 g/mol. The molecule has 0 saturated heterocycles. The van der Waals surface area contributed by atoms with Crippen molar-refractivity contribution in [3.8, 4) is 0 Å². The van der Waals surface area contributed by atoms with Gasteiger partial charge in [-0.25, -0.2) is 0 Å². The van der Waals surface area contributed by atoms with Crippen molar-refractivity contribution in [2.45, 2.75) is 220 Å². The van der Waals surface area contributed by atoms with Gasteiger partial charge < -0.3 is 4.74 Å². The molecule has 6 rings (SSSR count). The van der Waals surface area contributed by atoms with Crippen molar-refractivity contribution in [1.82, 2.24) is 0 Å². The summed E-state index contributed by atoms with van der Waals surface area (Å²) in [5.41, 5.74) is 5.94. The summed E-state index contributed by atoms with van der Waals surface area (Å²) in [7, 11) is 0. The Labute approximate surface area is 341 Å². The lowest BCUT2D eigenvalue weighted by Crippen LogP contribution is -2.31. The van der Waals surface area contributed by atoms with E-state index in [0.717, 1.165) is 35.5 Å². The van der Waals surface area contributed by atoms with Crippen molar-refractivity contribution in [2.24, 2.45) is 47.3 Å². The second-order valence-corrected chi connectivity index (χ2v) is 19.9. The zero-order valence-corrected chi connectivity index (χ0v) is 36.6. The van der Waals surface area contributed by atoms with Crippen LogP contribution in [0.15, 0.2) is 48.5 Å². The highest BCUT2D eigenvalue weighted by Gasteiger charge is 2.39. The van der Waals surface area contributed by atoms with Crippen LogP contribution in [0.1, 0.15) is 229 Å². The number of benzene rings is 2. The topological polar surface area (TPSA) is 9.23 Å². The zero-order chi connectivity index (χ0) is 38.2. The SMILES string of the molecule is CCCCCc1ccc(C(OC(c2ccc(CCCCC)cc2)C2CCC(C3CCC(CCC)CC3)CC2)C2CCC(C3CCC(CCC)CC3)CC2)cc1. The zero-order valence-electron chi connectivity index (χ0n) is 36.6. The first kappa shape index (κ1) is 43.0. The highest BCUT2D eigenvalue weighted by molar-refractivity contribution is 5.28. The summed E-state index contributed by atoms with van der Waals surface area (Å²) < 4.78 is 7.82. The lowest BCUT2D eigenvalue weighted by Gasteiger charge is -2.43. The first-order valence-electron chi connectivity index (χ1n) is 24.9. The molecule has 4 aliphatic carbocycles. The molecule has 2 aromatic rings. The molecule has 4 aliphatic rings. The van der Waals surface area contributed by atoms with Gasteiger partial charge in [-0.3, -0.25) is 0 Å². The molecule has 0 spiro atoms. The maximum absolute atomic E-state index is 7.82. The number of unbranched alkanes of at least 4 members (excludes halogenated alkanes) is 4. The maximum atomic E-state index is 7.82. The number of ether oxygens (including phenoxy) is 1. The summed E-state index contributed by atoms with van der Waals surface area (Å²) in [5.74, 6) is 7.14. The molecule has 2 atom stereocenters. The van der Waals surface area contributed by atoms with Gasteiger partial charge in [0.15, 0.2) is 0 Å². The van der Waals surface area contributed by atoms with E-state index in [2.05, 4.69) is 76.2 Å². The smallest absolute Gasteiger partial charge is 0.0861 e. The number of hydrogen-bond donors (Lipinski definition) is 0. The number of hydrogen-bond acceptors (Lipinski definition) is 1. The predicted molar refractivity (Wildman–Crippen MR) is 238 cm³/mol. The van der Waals surface area contributed by atoms with Gasteiger partial charge in [0.05, 0.1) is 12.2 Å². The van der Waals surface area contributed by atoms with Gasteiger partial charge in [-0.1, -0.05) is 153 Å². The summed E-state index contributed by atoms with van der Waals surface area (Å²) in [6.07, 6.45) is 39.4. The first-order valence-corrected chi connectivity index (χ1v) is 24.9. The van der Waals surface area contributed by atoms with Crippen molar-refractivity contribution in [1.29, 1.82) is 0 Å². The number of rotatable bonds is 20. The quantitative estimate of drug-likeness (QED) is 0.122. The molecular formula is C54H86O. The minimum atomic E-state index is 0.201. The lowest BCUT2D eigenvalue weighted by atomic mass is 9.67. The third-order valence-electron chi connectivity index (χ3n) is 16.0. The van der Waals surface area contributed by atoms with Crippen LogP contribution in [0.3, 0.4) is 0 Å². The van der Waals surface area contributed by atoms with E-state index in [0.29, 0.717) is 11.8 Å². The summed E-state index contributed by atoms with van der Waals surface area (Å²) in [6.45, 7) is 9.40. The predicted octanol–water partition coefficient (Wildman–Crippen LogP) is 16.8. The maximum Gasteiger partial charge on any atom is 0.0861 e. The van der Waals surface area contributed by atoms with E-state index in [9.17, 15) is 0 Å². The molecule has 4 fully saturated rings. The molecule has 0 aliphatic heterocycles. The molecule has 1 heteroatoms. The molecular weight excluding hydrogens is 665 g/mol. The monoisotopic (exact) mass is 751 g/mol. The molecule has 0 bridgehead atoms. The molecule has 0 heterocycles. The second kappa shape index (κ2) is 23.1. The summed E-state index contributed by atoms with van der Waals surface area (Å²) in [6, 6.07) is 19.8. The third-order valence-corrected chi connectivity index (χ3v) is 16.0. The minimum Gasteiger partial charge on any atom is -0.365 e. The second-order valence-electron chi connectivity index (χ2n) is 19.9. The first-order chi connectivity index (χ1) is 27.1. The van der Waals surface area contributed by atoms with Gasteiger partial charge in [0.2, 0.25) is 0 Å². The summed E-state index contributed by atoms with van der Waals surface area (Å²) in [5, 5.41) is 0. The fourth-order valence-corrected chi connectivity index (χ4v) is 12.5. The van der Waals surface area contributed by atoms with Gasteiger partial charge in [-0.2, -0.15) is 0 Å². The Kier molecular flexibility index (Phi) is 18.1. The van der Waals surface area contributed by atoms with Crippen LogP contribution in [0.4, 0.5) is 0 Å². The van der Waals surface area contributed by atoms with Gasteiger partial charge >= 0.3 is 0 Å². The van der Waals surface area contributed by atoms with Crippen molar-refractivity contribution >= 4 is 0 Å².